The van der Waals surface area contributed by atoms with E-state index in [-0.39, 0.29) is 0 Å². The molecule has 1 aliphatic carbocycles. The van der Waals surface area contributed by atoms with E-state index in [1.165, 1.54) is 18.4 Å². The van der Waals surface area contributed by atoms with Crippen LogP contribution in [-0.2, 0) is 6.54 Å². The fourth-order valence-corrected chi connectivity index (χ4v) is 1.79. The normalized spacial score (nSPS) is 15.9. The van der Waals surface area contributed by atoms with Gasteiger partial charge in [0.15, 0.2) is 0 Å². The zero-order chi connectivity index (χ0) is 9.80. The molecule has 1 aromatic rings. The molecule has 1 aliphatic rings. The fraction of sp³-hybridized carbons (Fsp3) is 0.455. The summed E-state index contributed by atoms with van der Waals surface area (Å²) in [7, 11) is 0. The molecule has 0 atom stereocenters. The third-order valence-corrected chi connectivity index (χ3v) is 2.62. The van der Waals surface area contributed by atoms with Gasteiger partial charge in [-0.1, -0.05) is 0 Å². The summed E-state index contributed by atoms with van der Waals surface area (Å²) >= 11 is 0. The van der Waals surface area contributed by atoms with Crippen molar-refractivity contribution >= 4 is 0 Å². The lowest BCUT2D eigenvalue weighted by molar-refractivity contribution is 0.494. The zero-order valence-corrected chi connectivity index (χ0v) is 8.25. The van der Waals surface area contributed by atoms with Gasteiger partial charge in [0.1, 0.15) is 5.76 Å². The van der Waals surface area contributed by atoms with Crippen LogP contribution >= 0.6 is 0 Å². The van der Waals surface area contributed by atoms with Crippen molar-refractivity contribution in [3.63, 3.8) is 0 Å². The van der Waals surface area contributed by atoms with E-state index in [0.717, 1.165) is 24.4 Å². The number of hydrogen-bond donors (Lipinski definition) is 2. The standard InChI is InChI=1S/C11H16N2O/c12-11(9-4-1-2-5-9)13-8-10-6-3-7-14-10/h3,6-7,13H,1-2,4-5,8,12H2. The molecule has 3 N–H and O–H groups in total. The summed E-state index contributed by atoms with van der Waals surface area (Å²) in [5, 5.41) is 3.19. The molecule has 1 heterocycles. The molecule has 0 unspecified atom stereocenters. The molecule has 0 saturated heterocycles. The minimum absolute atomic E-state index is 0.683. The van der Waals surface area contributed by atoms with Gasteiger partial charge in [-0.2, -0.15) is 0 Å². The van der Waals surface area contributed by atoms with E-state index in [4.69, 9.17) is 10.2 Å². The van der Waals surface area contributed by atoms with Gasteiger partial charge in [-0.3, -0.25) is 0 Å². The van der Waals surface area contributed by atoms with Gasteiger partial charge in [-0.15, -0.1) is 0 Å². The zero-order valence-electron chi connectivity index (χ0n) is 8.25. The van der Waals surface area contributed by atoms with Gasteiger partial charge in [-0.05, 0) is 43.4 Å². The van der Waals surface area contributed by atoms with Crippen molar-refractivity contribution in [1.82, 2.24) is 5.32 Å². The van der Waals surface area contributed by atoms with Gasteiger partial charge in [0, 0.05) is 0 Å². The Kier molecular flexibility index (Phi) is 2.77. The lowest BCUT2D eigenvalue weighted by Crippen LogP contribution is -2.21. The molecule has 1 saturated carbocycles. The van der Waals surface area contributed by atoms with Crippen molar-refractivity contribution in [2.75, 3.05) is 0 Å². The summed E-state index contributed by atoms with van der Waals surface area (Å²) in [6.45, 7) is 0.683. The largest absolute Gasteiger partial charge is 0.467 e. The maximum Gasteiger partial charge on any atom is 0.122 e. The second kappa shape index (κ2) is 4.22. The lowest BCUT2D eigenvalue weighted by atomic mass is 10.2. The Labute approximate surface area is 84.0 Å². The number of nitrogens with one attached hydrogen (secondary N) is 1. The van der Waals surface area contributed by atoms with Crippen molar-refractivity contribution in [2.45, 2.75) is 32.2 Å². The number of furan rings is 1. The maximum atomic E-state index is 5.92. The summed E-state index contributed by atoms with van der Waals surface area (Å²) in [5.41, 5.74) is 7.29. The van der Waals surface area contributed by atoms with Crippen LogP contribution in [0.4, 0.5) is 0 Å². The van der Waals surface area contributed by atoms with E-state index in [9.17, 15) is 0 Å². The summed E-state index contributed by atoms with van der Waals surface area (Å²) < 4.78 is 5.21. The highest BCUT2D eigenvalue weighted by Gasteiger charge is 2.10. The number of nitrogens with two attached hydrogens (primary N) is 1. The molecule has 0 amide bonds. The van der Waals surface area contributed by atoms with Crippen LogP contribution in [-0.4, -0.2) is 0 Å². The van der Waals surface area contributed by atoms with E-state index >= 15 is 0 Å². The average molecular weight is 192 g/mol. The van der Waals surface area contributed by atoms with Crippen LogP contribution in [0.3, 0.4) is 0 Å². The van der Waals surface area contributed by atoms with E-state index in [1.54, 1.807) is 6.26 Å². The topological polar surface area (TPSA) is 51.2 Å². The van der Waals surface area contributed by atoms with Gasteiger partial charge in [-0.25, -0.2) is 0 Å². The summed E-state index contributed by atoms with van der Waals surface area (Å²) in [4.78, 5) is 0. The molecule has 0 spiro atoms. The quantitative estimate of drug-likeness (QED) is 0.771. The van der Waals surface area contributed by atoms with Crippen LogP contribution < -0.4 is 11.1 Å². The number of hydrogen-bond acceptors (Lipinski definition) is 3. The first-order valence-corrected chi connectivity index (χ1v) is 5.10. The predicted molar refractivity (Wildman–Crippen MR) is 55.2 cm³/mol. The minimum atomic E-state index is 0.683. The van der Waals surface area contributed by atoms with Crippen LogP contribution in [0.15, 0.2) is 34.2 Å². The van der Waals surface area contributed by atoms with E-state index in [1.807, 2.05) is 12.1 Å². The highest BCUT2D eigenvalue weighted by atomic mass is 16.3. The molecule has 3 nitrogen and oxygen atoms in total. The summed E-state index contributed by atoms with van der Waals surface area (Å²) in [6, 6.07) is 3.83. The highest BCUT2D eigenvalue weighted by molar-refractivity contribution is 5.13. The lowest BCUT2D eigenvalue weighted by Gasteiger charge is -2.07. The second-order valence-electron chi connectivity index (χ2n) is 3.66. The van der Waals surface area contributed by atoms with Crippen LogP contribution in [0.1, 0.15) is 31.4 Å². The molecular formula is C11H16N2O. The first-order valence-electron chi connectivity index (χ1n) is 5.10. The Hall–Kier alpha value is -1.38. The van der Waals surface area contributed by atoms with E-state index in [0.29, 0.717) is 6.54 Å². The molecular weight excluding hydrogens is 176 g/mol. The van der Waals surface area contributed by atoms with Gasteiger partial charge < -0.3 is 15.5 Å². The minimum Gasteiger partial charge on any atom is -0.467 e. The van der Waals surface area contributed by atoms with Crippen LogP contribution in [0.5, 0.6) is 0 Å². The maximum absolute atomic E-state index is 5.92. The smallest absolute Gasteiger partial charge is 0.122 e. The Morgan fingerprint density at radius 2 is 2.21 bits per heavy atom. The van der Waals surface area contributed by atoms with E-state index < -0.39 is 0 Å². The molecule has 14 heavy (non-hydrogen) atoms. The molecule has 2 rings (SSSR count). The first-order chi connectivity index (χ1) is 6.86. The Morgan fingerprint density at radius 1 is 1.43 bits per heavy atom. The molecule has 0 bridgehead atoms. The summed E-state index contributed by atoms with van der Waals surface area (Å²) in [5.74, 6) is 1.77. The fourth-order valence-electron chi connectivity index (χ4n) is 1.79. The Morgan fingerprint density at radius 3 is 2.86 bits per heavy atom. The van der Waals surface area contributed by atoms with Crippen molar-refractivity contribution in [3.8, 4) is 0 Å². The Bertz CT molecular complexity index is 306. The van der Waals surface area contributed by atoms with Gasteiger partial charge in [0.2, 0.25) is 0 Å². The van der Waals surface area contributed by atoms with Gasteiger partial charge in [0.05, 0.1) is 18.6 Å². The van der Waals surface area contributed by atoms with Gasteiger partial charge in [0.25, 0.3) is 0 Å². The molecule has 3 heteroatoms. The molecule has 76 valence electrons. The third kappa shape index (κ3) is 2.10. The summed E-state index contributed by atoms with van der Waals surface area (Å²) in [6.07, 6.45) is 6.53. The third-order valence-electron chi connectivity index (χ3n) is 2.62. The number of allylic oxidation sites excluding steroid dienone is 1. The molecule has 0 aromatic carbocycles. The van der Waals surface area contributed by atoms with Crippen LogP contribution in [0.2, 0.25) is 0 Å². The van der Waals surface area contributed by atoms with Crippen molar-refractivity contribution in [3.05, 3.63) is 35.6 Å². The SMILES string of the molecule is NC(NCc1ccco1)=C1CCCC1. The number of rotatable bonds is 3. The molecule has 1 aromatic heterocycles. The van der Waals surface area contributed by atoms with Crippen molar-refractivity contribution in [1.29, 1.82) is 0 Å². The van der Waals surface area contributed by atoms with Crippen LogP contribution in [0, 0.1) is 0 Å². The highest BCUT2D eigenvalue weighted by Crippen LogP contribution is 2.24. The van der Waals surface area contributed by atoms with E-state index in [2.05, 4.69) is 5.32 Å². The molecule has 0 aliphatic heterocycles. The van der Waals surface area contributed by atoms with Gasteiger partial charge >= 0.3 is 0 Å². The van der Waals surface area contributed by atoms with Crippen LogP contribution in [0.25, 0.3) is 0 Å². The second-order valence-corrected chi connectivity index (χ2v) is 3.66. The monoisotopic (exact) mass is 192 g/mol. The Balaban J connectivity index is 1.88. The van der Waals surface area contributed by atoms with Crippen molar-refractivity contribution in [2.24, 2.45) is 5.73 Å². The molecule has 1 fully saturated rings. The predicted octanol–water partition coefficient (Wildman–Crippen LogP) is 2.11. The first kappa shape index (κ1) is 9.19. The molecule has 0 radical (unpaired) electrons. The average Bonchev–Trinajstić information content (AvgIpc) is 2.87. The van der Waals surface area contributed by atoms with Crippen molar-refractivity contribution < 1.29 is 4.42 Å².